The van der Waals surface area contributed by atoms with Crippen LogP contribution in [0.3, 0.4) is 0 Å². The van der Waals surface area contributed by atoms with Crippen molar-refractivity contribution < 1.29 is 9.59 Å². The maximum Gasteiger partial charge on any atom is 0.247 e. The summed E-state index contributed by atoms with van der Waals surface area (Å²) in [6.45, 7) is 0.895. The van der Waals surface area contributed by atoms with Gasteiger partial charge >= 0.3 is 0 Å². The highest BCUT2D eigenvalue weighted by atomic mass is 32.1. The highest BCUT2D eigenvalue weighted by Gasteiger charge is 2.40. The molecule has 1 saturated heterocycles. The van der Waals surface area contributed by atoms with Crippen LogP contribution in [0.25, 0.3) is 10.2 Å². The van der Waals surface area contributed by atoms with Crippen molar-refractivity contribution in [1.82, 2.24) is 14.8 Å². The van der Waals surface area contributed by atoms with Crippen molar-refractivity contribution in [2.75, 3.05) is 7.05 Å². The number of hydrogen-bond acceptors (Lipinski definition) is 5. The third-order valence-electron chi connectivity index (χ3n) is 4.66. The molecule has 2 amide bonds. The smallest absolute Gasteiger partial charge is 0.247 e. The van der Waals surface area contributed by atoms with E-state index in [0.717, 1.165) is 20.8 Å². The fraction of sp³-hybridized carbons (Fsp3) is 0.250. The highest BCUT2D eigenvalue weighted by molar-refractivity contribution is 7.18. The number of aromatic nitrogens is 1. The summed E-state index contributed by atoms with van der Waals surface area (Å²) in [6, 6.07) is 17.2. The van der Waals surface area contributed by atoms with Gasteiger partial charge in [-0.25, -0.2) is 4.98 Å². The Kier molecular flexibility index (Phi) is 4.53. The summed E-state index contributed by atoms with van der Waals surface area (Å²) in [6.07, 6.45) is 0.229. The zero-order valence-electron chi connectivity index (χ0n) is 14.5. The molecule has 1 fully saturated rings. The number of imide groups is 1. The molecule has 0 bridgehead atoms. The minimum atomic E-state index is -0.418. The lowest BCUT2D eigenvalue weighted by Gasteiger charge is -2.21. The summed E-state index contributed by atoms with van der Waals surface area (Å²) in [5, 5.41) is 0.954. The van der Waals surface area contributed by atoms with Gasteiger partial charge in [0.2, 0.25) is 11.8 Å². The molecular formula is C20H19N3O2S. The van der Waals surface area contributed by atoms with E-state index in [1.807, 2.05) is 66.5 Å². The number of rotatable bonds is 5. The van der Waals surface area contributed by atoms with Gasteiger partial charge in [-0.2, -0.15) is 0 Å². The lowest BCUT2D eigenvalue weighted by Crippen LogP contribution is -2.39. The number of nitrogens with zero attached hydrogens (tertiary/aromatic N) is 3. The number of fused-ring (bicyclic) bond motifs is 1. The van der Waals surface area contributed by atoms with E-state index in [4.69, 9.17) is 0 Å². The number of amides is 2. The molecule has 0 N–H and O–H groups in total. The van der Waals surface area contributed by atoms with E-state index in [0.29, 0.717) is 13.1 Å². The van der Waals surface area contributed by atoms with Crippen molar-refractivity contribution in [2.24, 2.45) is 0 Å². The summed E-state index contributed by atoms with van der Waals surface area (Å²) in [4.78, 5) is 33.1. The number of para-hydroxylation sites is 1. The zero-order valence-corrected chi connectivity index (χ0v) is 15.3. The fourth-order valence-corrected chi connectivity index (χ4v) is 4.28. The second kappa shape index (κ2) is 6.97. The molecular weight excluding hydrogens is 346 g/mol. The Morgan fingerprint density at radius 2 is 1.85 bits per heavy atom. The number of likely N-dealkylation sites (N-methyl/N-ethyl adjacent to an activating group) is 1. The Hall–Kier alpha value is -2.57. The number of thiazole rings is 1. The molecule has 5 nitrogen and oxygen atoms in total. The van der Waals surface area contributed by atoms with E-state index in [1.54, 1.807) is 11.3 Å². The van der Waals surface area contributed by atoms with Gasteiger partial charge in [0.15, 0.2) is 0 Å². The van der Waals surface area contributed by atoms with Crippen LogP contribution < -0.4 is 0 Å². The highest BCUT2D eigenvalue weighted by Crippen LogP contribution is 2.25. The summed E-state index contributed by atoms with van der Waals surface area (Å²) in [5.41, 5.74) is 1.93. The molecule has 1 aliphatic heterocycles. The van der Waals surface area contributed by atoms with Crippen LogP contribution in [-0.4, -0.2) is 39.7 Å². The average Bonchev–Trinajstić information content (AvgIpc) is 3.17. The van der Waals surface area contributed by atoms with E-state index >= 15 is 0 Å². The molecule has 2 heterocycles. The number of likely N-dealkylation sites (tertiary alicyclic amines) is 1. The minimum absolute atomic E-state index is 0.111. The first-order chi connectivity index (χ1) is 12.6. The number of benzene rings is 2. The van der Waals surface area contributed by atoms with Crippen LogP contribution in [-0.2, 0) is 22.7 Å². The van der Waals surface area contributed by atoms with Crippen LogP contribution in [0.4, 0.5) is 0 Å². The third-order valence-corrected chi connectivity index (χ3v) is 5.68. The molecule has 6 heteroatoms. The van der Waals surface area contributed by atoms with Crippen molar-refractivity contribution in [1.29, 1.82) is 0 Å². The minimum Gasteiger partial charge on any atom is -0.288 e. The summed E-state index contributed by atoms with van der Waals surface area (Å²) < 4.78 is 1.13. The normalized spacial score (nSPS) is 17.6. The standard InChI is InChI=1S/C20H19N3O2S/c1-22(13-18-21-15-9-5-6-10-17(15)26-18)16-11-19(24)23(20(16)25)12-14-7-3-2-4-8-14/h2-10,16H,11-13H2,1H3. The Labute approximate surface area is 155 Å². The van der Waals surface area contributed by atoms with Crippen LogP contribution in [0.5, 0.6) is 0 Å². The molecule has 0 aliphatic carbocycles. The predicted molar refractivity (Wildman–Crippen MR) is 101 cm³/mol. The van der Waals surface area contributed by atoms with Gasteiger partial charge < -0.3 is 0 Å². The molecule has 1 atom stereocenters. The predicted octanol–water partition coefficient (Wildman–Crippen LogP) is 3.06. The zero-order chi connectivity index (χ0) is 18.1. The fourth-order valence-electron chi connectivity index (χ4n) is 3.25. The molecule has 1 aliphatic rings. The molecule has 0 spiro atoms. The lowest BCUT2D eigenvalue weighted by atomic mass is 10.2. The Morgan fingerprint density at radius 1 is 1.12 bits per heavy atom. The van der Waals surface area contributed by atoms with Crippen LogP contribution in [0.15, 0.2) is 54.6 Å². The second-order valence-electron chi connectivity index (χ2n) is 6.51. The van der Waals surface area contributed by atoms with E-state index in [1.165, 1.54) is 4.90 Å². The van der Waals surface area contributed by atoms with Crippen molar-refractivity contribution in [3.8, 4) is 0 Å². The van der Waals surface area contributed by atoms with Crippen molar-refractivity contribution in [3.05, 3.63) is 65.2 Å². The van der Waals surface area contributed by atoms with Gasteiger partial charge in [0.1, 0.15) is 5.01 Å². The van der Waals surface area contributed by atoms with Gasteiger partial charge in [0, 0.05) is 0 Å². The van der Waals surface area contributed by atoms with Crippen molar-refractivity contribution >= 4 is 33.4 Å². The molecule has 4 rings (SSSR count). The molecule has 3 aromatic rings. The first-order valence-corrected chi connectivity index (χ1v) is 9.36. The Bertz CT molecular complexity index is 921. The SMILES string of the molecule is CN(Cc1nc2ccccc2s1)C1CC(=O)N(Cc2ccccc2)C1=O. The topological polar surface area (TPSA) is 53.5 Å². The van der Waals surface area contributed by atoms with Gasteiger partial charge in [-0.05, 0) is 24.7 Å². The summed E-state index contributed by atoms with van der Waals surface area (Å²) in [7, 11) is 1.88. The van der Waals surface area contributed by atoms with Gasteiger partial charge in [-0.1, -0.05) is 42.5 Å². The van der Waals surface area contributed by atoms with Crippen LogP contribution in [0, 0.1) is 0 Å². The van der Waals surface area contributed by atoms with E-state index in [-0.39, 0.29) is 18.2 Å². The molecule has 0 radical (unpaired) electrons. The number of carbonyl (C=O) groups excluding carboxylic acids is 2. The van der Waals surface area contributed by atoms with E-state index in [9.17, 15) is 9.59 Å². The Balaban J connectivity index is 1.47. The van der Waals surface area contributed by atoms with Crippen LogP contribution in [0.1, 0.15) is 17.0 Å². The molecule has 1 unspecified atom stereocenters. The van der Waals surface area contributed by atoms with Gasteiger partial charge in [-0.3, -0.25) is 19.4 Å². The van der Waals surface area contributed by atoms with Crippen LogP contribution in [0.2, 0.25) is 0 Å². The monoisotopic (exact) mass is 365 g/mol. The molecule has 2 aromatic carbocycles. The largest absolute Gasteiger partial charge is 0.288 e. The first-order valence-electron chi connectivity index (χ1n) is 8.54. The van der Waals surface area contributed by atoms with E-state index in [2.05, 4.69) is 4.98 Å². The number of carbonyl (C=O) groups is 2. The third kappa shape index (κ3) is 3.25. The average molecular weight is 365 g/mol. The van der Waals surface area contributed by atoms with Crippen LogP contribution >= 0.6 is 11.3 Å². The molecule has 0 saturated carbocycles. The summed E-state index contributed by atoms with van der Waals surface area (Å²) >= 11 is 1.63. The van der Waals surface area contributed by atoms with E-state index < -0.39 is 6.04 Å². The first kappa shape index (κ1) is 16.9. The number of hydrogen-bond donors (Lipinski definition) is 0. The second-order valence-corrected chi connectivity index (χ2v) is 7.63. The molecule has 26 heavy (non-hydrogen) atoms. The van der Waals surface area contributed by atoms with Gasteiger partial charge in [-0.15, -0.1) is 11.3 Å². The van der Waals surface area contributed by atoms with Gasteiger partial charge in [0.25, 0.3) is 0 Å². The summed E-state index contributed by atoms with van der Waals surface area (Å²) in [5.74, 6) is -0.234. The quantitative estimate of drug-likeness (QED) is 0.652. The molecule has 1 aromatic heterocycles. The maximum absolute atomic E-state index is 12.8. The molecule has 132 valence electrons. The van der Waals surface area contributed by atoms with Crippen molar-refractivity contribution in [2.45, 2.75) is 25.6 Å². The maximum atomic E-state index is 12.8. The van der Waals surface area contributed by atoms with Gasteiger partial charge in [0.05, 0.1) is 35.8 Å². The lowest BCUT2D eigenvalue weighted by molar-refractivity contribution is -0.140. The van der Waals surface area contributed by atoms with Crippen molar-refractivity contribution in [3.63, 3.8) is 0 Å². The Morgan fingerprint density at radius 3 is 2.62 bits per heavy atom.